The fraction of sp³-hybridized carbons (Fsp3) is 0.500. The second-order valence-corrected chi connectivity index (χ2v) is 4.16. The van der Waals surface area contributed by atoms with E-state index in [0.29, 0.717) is 0 Å². The second-order valence-electron chi connectivity index (χ2n) is 4.16. The van der Waals surface area contributed by atoms with Gasteiger partial charge in [-0.3, -0.25) is 0 Å². The molecular formula is C12H15N. The Morgan fingerprint density at radius 2 is 2.38 bits per heavy atom. The first kappa shape index (κ1) is 7.57. The number of allylic oxidation sites excluding steroid dienone is 5. The summed E-state index contributed by atoms with van der Waals surface area (Å²) in [5.74, 6) is 0.807. The molecule has 1 aliphatic heterocycles. The van der Waals surface area contributed by atoms with Crippen LogP contribution in [0.1, 0.15) is 19.3 Å². The van der Waals surface area contributed by atoms with Gasteiger partial charge >= 0.3 is 0 Å². The molecule has 1 atom stereocenters. The number of fused-ring (bicyclic) bond motifs is 2. The fourth-order valence-electron chi connectivity index (χ4n) is 2.75. The molecule has 1 N–H and O–H groups in total. The van der Waals surface area contributed by atoms with E-state index in [1.807, 2.05) is 0 Å². The van der Waals surface area contributed by atoms with Gasteiger partial charge in [-0.15, -0.1) is 0 Å². The van der Waals surface area contributed by atoms with Crippen LogP contribution in [-0.4, -0.2) is 13.1 Å². The molecule has 2 aliphatic carbocycles. The van der Waals surface area contributed by atoms with E-state index in [9.17, 15) is 0 Å². The maximum Gasteiger partial charge on any atom is 0.0174 e. The summed E-state index contributed by atoms with van der Waals surface area (Å²) in [7, 11) is 0. The molecule has 0 spiro atoms. The molecule has 0 amide bonds. The molecule has 1 fully saturated rings. The van der Waals surface area contributed by atoms with Gasteiger partial charge in [-0.05, 0) is 37.0 Å². The van der Waals surface area contributed by atoms with Gasteiger partial charge in [0.2, 0.25) is 0 Å². The standard InChI is InChI=1S/C12H15N/c1-2-4-11-9(3-1)7-10-8-13-6-5-12(10)11/h1,3,7,12-13H,2,4-6,8H2. The van der Waals surface area contributed by atoms with E-state index in [0.717, 1.165) is 12.5 Å². The molecule has 1 heterocycles. The number of hydrogen-bond acceptors (Lipinski definition) is 1. The summed E-state index contributed by atoms with van der Waals surface area (Å²) in [5.41, 5.74) is 4.87. The fourth-order valence-corrected chi connectivity index (χ4v) is 2.75. The molecule has 0 aromatic rings. The first-order valence-electron chi connectivity index (χ1n) is 5.26. The minimum absolute atomic E-state index is 0.807. The van der Waals surface area contributed by atoms with Gasteiger partial charge in [0.05, 0.1) is 0 Å². The lowest BCUT2D eigenvalue weighted by Gasteiger charge is -2.25. The highest BCUT2D eigenvalue weighted by molar-refractivity contribution is 5.50. The number of piperidine rings is 1. The van der Waals surface area contributed by atoms with Crippen LogP contribution >= 0.6 is 0 Å². The zero-order valence-electron chi connectivity index (χ0n) is 7.84. The third-order valence-electron chi connectivity index (χ3n) is 3.40. The summed E-state index contributed by atoms with van der Waals surface area (Å²) in [6.07, 6.45) is 10.9. The van der Waals surface area contributed by atoms with Gasteiger partial charge in [0, 0.05) is 12.5 Å². The maximum absolute atomic E-state index is 3.45. The van der Waals surface area contributed by atoms with Crippen LogP contribution < -0.4 is 5.32 Å². The van der Waals surface area contributed by atoms with Gasteiger partial charge in [-0.1, -0.05) is 23.8 Å². The van der Waals surface area contributed by atoms with Crippen molar-refractivity contribution in [2.75, 3.05) is 13.1 Å². The van der Waals surface area contributed by atoms with E-state index >= 15 is 0 Å². The summed E-state index contributed by atoms with van der Waals surface area (Å²) in [4.78, 5) is 0. The Labute approximate surface area is 79.2 Å². The van der Waals surface area contributed by atoms with E-state index in [4.69, 9.17) is 0 Å². The highest BCUT2D eigenvalue weighted by Gasteiger charge is 2.28. The van der Waals surface area contributed by atoms with Crippen LogP contribution in [0.2, 0.25) is 0 Å². The molecule has 0 bridgehead atoms. The highest BCUT2D eigenvalue weighted by atomic mass is 14.9. The third-order valence-corrected chi connectivity index (χ3v) is 3.40. The lowest BCUT2D eigenvalue weighted by molar-refractivity contribution is 0.511. The van der Waals surface area contributed by atoms with Crippen LogP contribution in [0.15, 0.2) is 34.9 Å². The van der Waals surface area contributed by atoms with Crippen LogP contribution in [0.4, 0.5) is 0 Å². The average Bonchev–Trinajstić information content (AvgIpc) is 2.56. The largest absolute Gasteiger partial charge is 0.313 e. The van der Waals surface area contributed by atoms with Crippen molar-refractivity contribution in [1.82, 2.24) is 5.32 Å². The normalized spacial score (nSPS) is 31.4. The van der Waals surface area contributed by atoms with Crippen molar-refractivity contribution in [1.29, 1.82) is 0 Å². The molecule has 3 rings (SSSR count). The van der Waals surface area contributed by atoms with Crippen molar-refractivity contribution in [3.8, 4) is 0 Å². The van der Waals surface area contributed by atoms with Crippen molar-refractivity contribution < 1.29 is 0 Å². The van der Waals surface area contributed by atoms with Crippen LogP contribution in [0.3, 0.4) is 0 Å². The summed E-state index contributed by atoms with van der Waals surface area (Å²) in [6, 6.07) is 0. The van der Waals surface area contributed by atoms with E-state index < -0.39 is 0 Å². The SMILES string of the molecule is C1=CC2=C(CC1)C1CCNCC1=C2. The Bertz CT molecular complexity index is 320. The second kappa shape index (κ2) is 2.85. The zero-order chi connectivity index (χ0) is 8.67. The van der Waals surface area contributed by atoms with Crippen molar-refractivity contribution >= 4 is 0 Å². The zero-order valence-corrected chi connectivity index (χ0v) is 7.84. The van der Waals surface area contributed by atoms with Crippen LogP contribution in [0.5, 0.6) is 0 Å². The molecule has 13 heavy (non-hydrogen) atoms. The lowest BCUT2D eigenvalue weighted by atomic mass is 9.85. The van der Waals surface area contributed by atoms with Crippen LogP contribution in [0, 0.1) is 5.92 Å². The molecule has 1 nitrogen and oxygen atoms in total. The molecule has 0 radical (unpaired) electrons. The molecule has 0 aromatic carbocycles. The minimum Gasteiger partial charge on any atom is -0.313 e. The molecule has 1 heteroatoms. The van der Waals surface area contributed by atoms with E-state index in [2.05, 4.69) is 23.5 Å². The number of rotatable bonds is 0. The number of nitrogens with one attached hydrogen (secondary N) is 1. The molecular weight excluding hydrogens is 158 g/mol. The van der Waals surface area contributed by atoms with Gasteiger partial charge < -0.3 is 5.32 Å². The third kappa shape index (κ3) is 1.11. The van der Waals surface area contributed by atoms with Crippen LogP contribution in [-0.2, 0) is 0 Å². The van der Waals surface area contributed by atoms with Gasteiger partial charge in [0.15, 0.2) is 0 Å². The summed E-state index contributed by atoms with van der Waals surface area (Å²) in [6.45, 7) is 2.31. The van der Waals surface area contributed by atoms with Gasteiger partial charge in [-0.25, -0.2) is 0 Å². The van der Waals surface area contributed by atoms with Crippen LogP contribution in [0.25, 0.3) is 0 Å². The topological polar surface area (TPSA) is 12.0 Å². The summed E-state index contributed by atoms with van der Waals surface area (Å²) in [5, 5.41) is 3.45. The van der Waals surface area contributed by atoms with Crippen molar-refractivity contribution in [3.63, 3.8) is 0 Å². The Balaban J connectivity index is 1.97. The van der Waals surface area contributed by atoms with Crippen molar-refractivity contribution in [2.24, 2.45) is 5.92 Å². The minimum atomic E-state index is 0.807. The Morgan fingerprint density at radius 3 is 3.38 bits per heavy atom. The smallest absolute Gasteiger partial charge is 0.0174 e. The van der Waals surface area contributed by atoms with Gasteiger partial charge in [-0.2, -0.15) is 0 Å². The first-order chi connectivity index (χ1) is 6.45. The van der Waals surface area contributed by atoms with Gasteiger partial charge in [0.25, 0.3) is 0 Å². The van der Waals surface area contributed by atoms with E-state index in [1.165, 1.54) is 31.4 Å². The Hall–Kier alpha value is -0.820. The van der Waals surface area contributed by atoms with Crippen molar-refractivity contribution in [2.45, 2.75) is 19.3 Å². The van der Waals surface area contributed by atoms with E-state index in [1.54, 1.807) is 11.1 Å². The van der Waals surface area contributed by atoms with Crippen molar-refractivity contribution in [3.05, 3.63) is 34.9 Å². The predicted molar refractivity (Wildman–Crippen MR) is 54.5 cm³/mol. The van der Waals surface area contributed by atoms with E-state index in [-0.39, 0.29) is 0 Å². The highest BCUT2D eigenvalue weighted by Crippen LogP contribution is 2.40. The quantitative estimate of drug-likeness (QED) is 0.592. The monoisotopic (exact) mass is 173 g/mol. The number of hydrogen-bond donors (Lipinski definition) is 1. The maximum atomic E-state index is 3.45. The first-order valence-corrected chi connectivity index (χ1v) is 5.26. The Kier molecular flexibility index (Phi) is 1.66. The molecule has 3 aliphatic rings. The molecule has 1 saturated heterocycles. The molecule has 0 aromatic heterocycles. The summed E-state index contributed by atoms with van der Waals surface area (Å²) >= 11 is 0. The lowest BCUT2D eigenvalue weighted by Crippen LogP contribution is -2.29. The molecule has 1 unspecified atom stereocenters. The van der Waals surface area contributed by atoms with Gasteiger partial charge in [0.1, 0.15) is 0 Å². The Morgan fingerprint density at radius 1 is 1.38 bits per heavy atom. The summed E-state index contributed by atoms with van der Waals surface area (Å²) < 4.78 is 0. The molecule has 0 saturated carbocycles. The average molecular weight is 173 g/mol. The molecule has 68 valence electrons. The predicted octanol–water partition coefficient (Wildman–Crippen LogP) is 2.18.